The second kappa shape index (κ2) is 9.90. The van der Waals surface area contributed by atoms with Crippen LogP contribution < -0.4 is 0 Å². The van der Waals surface area contributed by atoms with Gasteiger partial charge in [-0.15, -0.1) is 0 Å². The van der Waals surface area contributed by atoms with Crippen LogP contribution in [0.25, 0.3) is 0 Å². The number of unbranched alkanes of at least 4 members (excludes halogenated alkanes) is 1. The van der Waals surface area contributed by atoms with Crippen molar-refractivity contribution in [3.05, 3.63) is 0 Å². The lowest BCUT2D eigenvalue weighted by Gasteiger charge is -2.33. The van der Waals surface area contributed by atoms with E-state index in [9.17, 15) is 0 Å². The van der Waals surface area contributed by atoms with Crippen molar-refractivity contribution in [3.8, 4) is 0 Å². The Labute approximate surface area is 108 Å². The molecule has 0 heterocycles. The van der Waals surface area contributed by atoms with Gasteiger partial charge in [-0.25, -0.2) is 0 Å². The second-order valence-electron chi connectivity index (χ2n) is 5.17. The van der Waals surface area contributed by atoms with Gasteiger partial charge >= 0.3 is 0 Å². The van der Waals surface area contributed by atoms with E-state index in [1.165, 1.54) is 25.7 Å². The molecule has 0 aliphatic heterocycles. The van der Waals surface area contributed by atoms with Crippen LogP contribution in [0.4, 0.5) is 0 Å². The normalized spacial score (nSPS) is 12.4. The fourth-order valence-electron chi connectivity index (χ4n) is 2.21. The van der Waals surface area contributed by atoms with Crippen LogP contribution in [0.1, 0.15) is 73.1 Å². The molecule has 0 aromatic heterocycles. The molecule has 0 fully saturated rings. The lowest BCUT2D eigenvalue weighted by Crippen LogP contribution is -2.36. The van der Waals surface area contributed by atoms with Crippen LogP contribution in [-0.4, -0.2) is 19.0 Å². The molecule has 2 nitrogen and oxygen atoms in total. The molecule has 0 amide bonds. The second-order valence-corrected chi connectivity index (χ2v) is 5.17. The van der Waals surface area contributed by atoms with Crippen LogP contribution in [0.5, 0.6) is 0 Å². The van der Waals surface area contributed by atoms with Crippen molar-refractivity contribution in [2.45, 2.75) is 78.9 Å². The van der Waals surface area contributed by atoms with Gasteiger partial charge in [-0.2, -0.15) is 0 Å². The lowest BCUT2D eigenvalue weighted by molar-refractivity contribution is -0.242. The SMILES string of the molecule is CCCCC(CCCC(C)C)(OCC)OCC. The summed E-state index contributed by atoms with van der Waals surface area (Å²) in [6.45, 7) is 12.4. The highest BCUT2D eigenvalue weighted by Gasteiger charge is 2.29. The Hall–Kier alpha value is -0.0800. The maximum absolute atomic E-state index is 5.93. The quantitative estimate of drug-likeness (QED) is 0.487. The average molecular weight is 244 g/mol. The molecule has 0 bridgehead atoms. The molecule has 0 radical (unpaired) electrons. The summed E-state index contributed by atoms with van der Waals surface area (Å²) in [4.78, 5) is 0. The van der Waals surface area contributed by atoms with Gasteiger partial charge < -0.3 is 9.47 Å². The Balaban J connectivity index is 4.30. The summed E-state index contributed by atoms with van der Waals surface area (Å²) in [5, 5.41) is 0. The molecule has 0 aromatic rings. The van der Waals surface area contributed by atoms with Crippen LogP contribution >= 0.6 is 0 Å². The Morgan fingerprint density at radius 3 is 1.82 bits per heavy atom. The lowest BCUT2D eigenvalue weighted by atomic mass is 9.98. The minimum atomic E-state index is -0.311. The summed E-state index contributed by atoms with van der Waals surface area (Å²) in [6.07, 6.45) is 6.90. The first-order valence-corrected chi connectivity index (χ1v) is 7.38. The standard InChI is InChI=1S/C15H32O2/c1-6-9-12-15(16-7-2,17-8-3)13-10-11-14(4)5/h14H,6-13H2,1-5H3. The minimum Gasteiger partial charge on any atom is -0.350 e. The van der Waals surface area contributed by atoms with Crippen LogP contribution in [-0.2, 0) is 9.47 Å². The molecule has 0 saturated heterocycles. The maximum atomic E-state index is 5.93. The number of hydrogen-bond donors (Lipinski definition) is 0. The molecule has 17 heavy (non-hydrogen) atoms. The van der Waals surface area contributed by atoms with Gasteiger partial charge in [-0.1, -0.05) is 33.6 Å². The Morgan fingerprint density at radius 2 is 1.41 bits per heavy atom. The highest BCUT2D eigenvalue weighted by molar-refractivity contribution is 4.71. The number of rotatable bonds is 11. The van der Waals surface area contributed by atoms with Crippen molar-refractivity contribution < 1.29 is 9.47 Å². The monoisotopic (exact) mass is 244 g/mol. The first-order chi connectivity index (χ1) is 8.10. The average Bonchev–Trinajstić information content (AvgIpc) is 2.26. The highest BCUT2D eigenvalue weighted by atomic mass is 16.7. The van der Waals surface area contributed by atoms with Crippen LogP contribution in [0.2, 0.25) is 0 Å². The maximum Gasteiger partial charge on any atom is 0.168 e. The summed E-state index contributed by atoms with van der Waals surface area (Å²) in [6, 6.07) is 0. The third-order valence-electron chi connectivity index (χ3n) is 3.07. The summed E-state index contributed by atoms with van der Waals surface area (Å²) in [7, 11) is 0. The number of hydrogen-bond acceptors (Lipinski definition) is 2. The van der Waals surface area contributed by atoms with E-state index < -0.39 is 0 Å². The molecule has 0 spiro atoms. The van der Waals surface area contributed by atoms with E-state index in [0.717, 1.165) is 32.0 Å². The third-order valence-corrected chi connectivity index (χ3v) is 3.07. The fourth-order valence-corrected chi connectivity index (χ4v) is 2.21. The molecule has 0 aliphatic rings. The third kappa shape index (κ3) is 7.77. The van der Waals surface area contributed by atoms with Gasteiger partial charge in [-0.05, 0) is 32.6 Å². The van der Waals surface area contributed by atoms with E-state index in [4.69, 9.17) is 9.47 Å². The zero-order chi connectivity index (χ0) is 13.1. The molecule has 0 rings (SSSR count). The van der Waals surface area contributed by atoms with E-state index in [1.54, 1.807) is 0 Å². The Morgan fingerprint density at radius 1 is 0.882 bits per heavy atom. The largest absolute Gasteiger partial charge is 0.350 e. The summed E-state index contributed by atoms with van der Waals surface area (Å²) < 4.78 is 11.9. The van der Waals surface area contributed by atoms with Gasteiger partial charge in [0, 0.05) is 26.1 Å². The van der Waals surface area contributed by atoms with Gasteiger partial charge in [0.1, 0.15) is 0 Å². The summed E-state index contributed by atoms with van der Waals surface area (Å²) in [5.41, 5.74) is 0. The van der Waals surface area contributed by atoms with Crippen molar-refractivity contribution in [2.75, 3.05) is 13.2 Å². The first kappa shape index (κ1) is 16.9. The molecule has 0 atom stereocenters. The molecule has 0 N–H and O–H groups in total. The highest BCUT2D eigenvalue weighted by Crippen LogP contribution is 2.28. The summed E-state index contributed by atoms with van der Waals surface area (Å²) >= 11 is 0. The van der Waals surface area contributed by atoms with E-state index in [2.05, 4.69) is 34.6 Å². The van der Waals surface area contributed by atoms with Gasteiger partial charge in [0.2, 0.25) is 0 Å². The Kier molecular flexibility index (Phi) is 9.85. The van der Waals surface area contributed by atoms with Crippen molar-refractivity contribution in [3.63, 3.8) is 0 Å². The molecule has 0 aliphatic carbocycles. The van der Waals surface area contributed by atoms with Crippen LogP contribution in [0, 0.1) is 5.92 Å². The van der Waals surface area contributed by atoms with Crippen LogP contribution in [0.15, 0.2) is 0 Å². The zero-order valence-corrected chi connectivity index (χ0v) is 12.6. The predicted molar refractivity (Wildman–Crippen MR) is 74.2 cm³/mol. The van der Waals surface area contributed by atoms with E-state index in [-0.39, 0.29) is 5.79 Å². The molecular formula is C15H32O2. The molecule has 104 valence electrons. The van der Waals surface area contributed by atoms with E-state index in [0.29, 0.717) is 0 Å². The smallest absolute Gasteiger partial charge is 0.168 e. The zero-order valence-electron chi connectivity index (χ0n) is 12.6. The van der Waals surface area contributed by atoms with E-state index >= 15 is 0 Å². The topological polar surface area (TPSA) is 18.5 Å². The summed E-state index contributed by atoms with van der Waals surface area (Å²) in [5.74, 6) is 0.455. The van der Waals surface area contributed by atoms with E-state index in [1.807, 2.05) is 0 Å². The van der Waals surface area contributed by atoms with Crippen molar-refractivity contribution in [2.24, 2.45) is 5.92 Å². The Bertz CT molecular complexity index is 160. The van der Waals surface area contributed by atoms with Crippen LogP contribution in [0.3, 0.4) is 0 Å². The van der Waals surface area contributed by atoms with Gasteiger partial charge in [0.15, 0.2) is 5.79 Å². The number of ether oxygens (including phenoxy) is 2. The molecular weight excluding hydrogens is 212 g/mol. The van der Waals surface area contributed by atoms with Crippen molar-refractivity contribution in [1.29, 1.82) is 0 Å². The van der Waals surface area contributed by atoms with Crippen molar-refractivity contribution in [1.82, 2.24) is 0 Å². The van der Waals surface area contributed by atoms with Crippen molar-refractivity contribution >= 4 is 0 Å². The van der Waals surface area contributed by atoms with Gasteiger partial charge in [-0.3, -0.25) is 0 Å². The minimum absolute atomic E-state index is 0.311. The predicted octanol–water partition coefficient (Wildman–Crippen LogP) is 4.77. The fraction of sp³-hybridized carbons (Fsp3) is 1.00. The van der Waals surface area contributed by atoms with Gasteiger partial charge in [0.05, 0.1) is 0 Å². The van der Waals surface area contributed by atoms with Gasteiger partial charge in [0.25, 0.3) is 0 Å². The molecule has 0 saturated carbocycles. The molecule has 0 aromatic carbocycles. The molecule has 2 heteroatoms. The first-order valence-electron chi connectivity index (χ1n) is 7.38. The molecule has 0 unspecified atom stereocenters.